The van der Waals surface area contributed by atoms with Crippen molar-refractivity contribution in [2.75, 3.05) is 5.32 Å². The second kappa shape index (κ2) is 7.42. The van der Waals surface area contributed by atoms with Crippen molar-refractivity contribution in [3.05, 3.63) is 24.3 Å². The van der Waals surface area contributed by atoms with Crippen molar-refractivity contribution in [2.45, 2.75) is 26.4 Å². The molecule has 0 saturated heterocycles. The highest BCUT2D eigenvalue weighted by atomic mass is 19.3. The molecule has 2 N–H and O–H groups in total. The molecule has 0 heterocycles. The lowest BCUT2D eigenvalue weighted by Gasteiger charge is -2.10. The van der Waals surface area contributed by atoms with E-state index >= 15 is 0 Å². The van der Waals surface area contributed by atoms with Crippen LogP contribution in [0.25, 0.3) is 0 Å². The SMILES string of the molecule is CC(CC(=O)O)CC(=O)Nc1cccc(OC(F)F)c1. The van der Waals surface area contributed by atoms with E-state index in [1.54, 1.807) is 6.92 Å². The van der Waals surface area contributed by atoms with Gasteiger partial charge in [-0.3, -0.25) is 9.59 Å². The Morgan fingerprint density at radius 1 is 1.35 bits per heavy atom. The molecule has 1 aromatic rings. The Morgan fingerprint density at radius 2 is 2.05 bits per heavy atom. The van der Waals surface area contributed by atoms with E-state index < -0.39 is 12.6 Å². The first kappa shape index (κ1) is 15.9. The zero-order valence-corrected chi connectivity index (χ0v) is 10.8. The van der Waals surface area contributed by atoms with Gasteiger partial charge in [-0.2, -0.15) is 8.78 Å². The molecule has 0 aliphatic carbocycles. The zero-order chi connectivity index (χ0) is 15.1. The number of hydrogen-bond donors (Lipinski definition) is 2. The zero-order valence-electron chi connectivity index (χ0n) is 10.8. The fourth-order valence-corrected chi connectivity index (χ4v) is 1.65. The van der Waals surface area contributed by atoms with Crippen LogP contribution in [0.5, 0.6) is 5.75 Å². The summed E-state index contributed by atoms with van der Waals surface area (Å²) in [5.74, 6) is -1.73. The van der Waals surface area contributed by atoms with E-state index in [9.17, 15) is 18.4 Å². The van der Waals surface area contributed by atoms with Gasteiger partial charge in [-0.25, -0.2) is 0 Å². The van der Waals surface area contributed by atoms with Gasteiger partial charge in [0.25, 0.3) is 0 Å². The van der Waals surface area contributed by atoms with Crippen LogP contribution in [-0.4, -0.2) is 23.6 Å². The highest BCUT2D eigenvalue weighted by Gasteiger charge is 2.13. The summed E-state index contributed by atoms with van der Waals surface area (Å²) in [6.45, 7) is -1.29. The van der Waals surface area contributed by atoms with Crippen molar-refractivity contribution in [2.24, 2.45) is 5.92 Å². The number of carboxylic acids is 1. The number of carbonyl (C=O) groups excluding carboxylic acids is 1. The van der Waals surface area contributed by atoms with Gasteiger partial charge in [0.15, 0.2) is 0 Å². The van der Waals surface area contributed by atoms with Gasteiger partial charge in [-0.1, -0.05) is 13.0 Å². The van der Waals surface area contributed by atoms with Crippen molar-refractivity contribution in [3.63, 3.8) is 0 Å². The Morgan fingerprint density at radius 3 is 2.65 bits per heavy atom. The first-order chi connectivity index (χ1) is 9.36. The van der Waals surface area contributed by atoms with Gasteiger partial charge in [0.05, 0.1) is 0 Å². The fourth-order valence-electron chi connectivity index (χ4n) is 1.65. The monoisotopic (exact) mass is 287 g/mol. The lowest BCUT2D eigenvalue weighted by molar-refractivity contribution is -0.138. The van der Waals surface area contributed by atoms with Crippen molar-refractivity contribution in [3.8, 4) is 5.75 Å². The Kier molecular flexibility index (Phi) is 5.89. The van der Waals surface area contributed by atoms with E-state index in [-0.39, 0.29) is 30.4 Å². The van der Waals surface area contributed by atoms with E-state index in [1.807, 2.05) is 0 Å². The van der Waals surface area contributed by atoms with Crippen molar-refractivity contribution < 1.29 is 28.2 Å². The number of rotatable bonds is 7. The molecule has 1 amide bonds. The number of aliphatic carboxylic acids is 1. The molecule has 7 heteroatoms. The van der Waals surface area contributed by atoms with Crippen LogP contribution in [0.4, 0.5) is 14.5 Å². The minimum atomic E-state index is -2.93. The predicted octanol–water partition coefficient (Wildman–Crippen LogP) is 2.73. The summed E-state index contributed by atoms with van der Waals surface area (Å²) in [6.07, 6.45) is -0.0752. The molecule has 0 radical (unpaired) electrons. The number of halogens is 2. The summed E-state index contributed by atoms with van der Waals surface area (Å²) in [4.78, 5) is 22.1. The summed E-state index contributed by atoms with van der Waals surface area (Å²) >= 11 is 0. The maximum Gasteiger partial charge on any atom is 0.387 e. The third-order valence-electron chi connectivity index (χ3n) is 2.40. The minimum Gasteiger partial charge on any atom is -0.481 e. The molecule has 0 spiro atoms. The number of ether oxygens (including phenoxy) is 1. The van der Waals surface area contributed by atoms with Crippen LogP contribution in [-0.2, 0) is 9.59 Å². The Hall–Kier alpha value is -2.18. The summed E-state index contributed by atoms with van der Waals surface area (Å²) < 4.78 is 28.3. The first-order valence-corrected chi connectivity index (χ1v) is 5.93. The number of benzene rings is 1. The molecule has 1 unspecified atom stereocenters. The topological polar surface area (TPSA) is 75.6 Å². The van der Waals surface area contributed by atoms with Crippen LogP contribution in [0, 0.1) is 5.92 Å². The largest absolute Gasteiger partial charge is 0.481 e. The number of alkyl halides is 2. The van der Waals surface area contributed by atoms with E-state index in [2.05, 4.69) is 10.1 Å². The third kappa shape index (κ3) is 6.12. The predicted molar refractivity (Wildman–Crippen MR) is 67.7 cm³/mol. The van der Waals surface area contributed by atoms with Gasteiger partial charge >= 0.3 is 12.6 Å². The standard InChI is InChI=1S/C13H15F2NO4/c1-8(6-12(18)19)5-11(17)16-9-3-2-4-10(7-9)20-13(14)15/h2-4,7-8,13H,5-6H2,1H3,(H,16,17)(H,18,19). The highest BCUT2D eigenvalue weighted by Crippen LogP contribution is 2.20. The molecule has 1 atom stereocenters. The molecular weight excluding hydrogens is 272 g/mol. The Labute approximate surface area is 114 Å². The van der Waals surface area contributed by atoms with Gasteiger partial charge in [0.1, 0.15) is 5.75 Å². The second-order valence-electron chi connectivity index (χ2n) is 4.36. The molecule has 5 nitrogen and oxygen atoms in total. The highest BCUT2D eigenvalue weighted by molar-refractivity contribution is 5.91. The van der Waals surface area contributed by atoms with Crippen LogP contribution < -0.4 is 10.1 Å². The number of carboxylic acid groups (broad SMARTS) is 1. The van der Waals surface area contributed by atoms with E-state index in [1.165, 1.54) is 24.3 Å². The minimum absolute atomic E-state index is 0.0340. The lowest BCUT2D eigenvalue weighted by atomic mass is 10.0. The normalized spacial score (nSPS) is 12.0. The number of hydrogen-bond acceptors (Lipinski definition) is 3. The molecule has 1 aromatic carbocycles. The van der Waals surface area contributed by atoms with Crippen molar-refractivity contribution >= 4 is 17.6 Å². The average molecular weight is 287 g/mol. The van der Waals surface area contributed by atoms with Crippen LogP contribution in [0.3, 0.4) is 0 Å². The van der Waals surface area contributed by atoms with E-state index in [0.717, 1.165) is 0 Å². The second-order valence-corrected chi connectivity index (χ2v) is 4.36. The smallest absolute Gasteiger partial charge is 0.387 e. The summed E-state index contributed by atoms with van der Waals surface area (Å²) in [5.41, 5.74) is 0.315. The van der Waals surface area contributed by atoms with Crippen molar-refractivity contribution in [1.82, 2.24) is 0 Å². The summed E-state index contributed by atoms with van der Waals surface area (Å²) in [6, 6.07) is 5.60. The van der Waals surface area contributed by atoms with Gasteiger partial charge in [-0.15, -0.1) is 0 Å². The van der Waals surface area contributed by atoms with Crippen LogP contribution in [0.2, 0.25) is 0 Å². The summed E-state index contributed by atoms with van der Waals surface area (Å²) in [7, 11) is 0. The number of anilines is 1. The first-order valence-electron chi connectivity index (χ1n) is 5.93. The van der Waals surface area contributed by atoms with Gasteiger partial charge in [-0.05, 0) is 18.1 Å². The van der Waals surface area contributed by atoms with Crippen molar-refractivity contribution in [1.29, 1.82) is 0 Å². The average Bonchev–Trinajstić information content (AvgIpc) is 2.26. The number of nitrogens with one attached hydrogen (secondary N) is 1. The van der Waals surface area contributed by atoms with Crippen LogP contribution in [0.1, 0.15) is 19.8 Å². The maximum atomic E-state index is 12.0. The molecular formula is C13H15F2NO4. The quantitative estimate of drug-likeness (QED) is 0.808. The molecule has 20 heavy (non-hydrogen) atoms. The molecule has 110 valence electrons. The molecule has 0 aliphatic heterocycles. The van der Waals surface area contributed by atoms with Gasteiger partial charge in [0.2, 0.25) is 5.91 Å². The maximum absolute atomic E-state index is 12.0. The van der Waals surface area contributed by atoms with Gasteiger partial charge < -0.3 is 15.2 Å². The lowest BCUT2D eigenvalue weighted by Crippen LogP contribution is -2.17. The molecule has 0 aromatic heterocycles. The summed E-state index contributed by atoms with van der Waals surface area (Å²) in [5, 5.41) is 11.1. The molecule has 1 rings (SSSR count). The number of carbonyl (C=O) groups is 2. The molecule has 0 fully saturated rings. The molecule has 0 bridgehead atoms. The molecule has 0 saturated carbocycles. The fraction of sp³-hybridized carbons (Fsp3) is 0.385. The van der Waals surface area contributed by atoms with E-state index in [4.69, 9.17) is 5.11 Å². The number of amides is 1. The Balaban J connectivity index is 2.55. The van der Waals surface area contributed by atoms with Crippen LogP contribution >= 0.6 is 0 Å². The van der Waals surface area contributed by atoms with E-state index in [0.29, 0.717) is 5.69 Å². The van der Waals surface area contributed by atoms with Gasteiger partial charge in [0, 0.05) is 24.6 Å². The van der Waals surface area contributed by atoms with Crippen LogP contribution in [0.15, 0.2) is 24.3 Å². The third-order valence-corrected chi connectivity index (χ3v) is 2.40. The Bertz CT molecular complexity index is 479. The molecule has 0 aliphatic rings.